The number of hydrogen-bond donors (Lipinski definition) is 0. The molecule has 2 rings (SSSR count). The average molecular weight is 167 g/mol. The first-order chi connectivity index (χ1) is 5.75. The minimum absolute atomic E-state index is 0.343. The fraction of sp³-hybridized carbons (Fsp3) is 0.444. The molecule has 0 bridgehead atoms. The third-order valence-corrected chi connectivity index (χ3v) is 1.85. The second-order valence-electron chi connectivity index (χ2n) is 3.09. The van der Waals surface area contributed by atoms with Gasteiger partial charge in [0.1, 0.15) is 5.75 Å². The van der Waals surface area contributed by atoms with E-state index in [0.29, 0.717) is 11.9 Å². The first-order valence-corrected chi connectivity index (χ1v) is 4.04. The Labute approximate surface area is 70.4 Å². The Bertz CT molecular complexity index is 297. The number of nitrogens with zero attached hydrogens (tertiary/aromatic N) is 1. The zero-order chi connectivity index (χ0) is 8.55. The van der Waals surface area contributed by atoms with E-state index in [1.807, 2.05) is 6.92 Å². The summed E-state index contributed by atoms with van der Waals surface area (Å²) in [7, 11) is 0. The molecule has 12 heavy (non-hydrogen) atoms. The van der Waals surface area contributed by atoms with Crippen LogP contribution in [0.5, 0.6) is 5.75 Å². The monoisotopic (exact) mass is 167 g/mol. The topological polar surface area (TPSA) is 22.1 Å². The van der Waals surface area contributed by atoms with Gasteiger partial charge in [0.05, 0.1) is 12.3 Å². The summed E-state index contributed by atoms with van der Waals surface area (Å²) in [5.41, 5.74) is 0.814. The van der Waals surface area contributed by atoms with Gasteiger partial charge in [0, 0.05) is 0 Å². The number of aryl methyl sites for hydroxylation is 1. The number of hydrogen-bond acceptors (Lipinski definition) is 2. The van der Waals surface area contributed by atoms with E-state index >= 15 is 0 Å². The van der Waals surface area contributed by atoms with Crippen LogP contribution in [0.1, 0.15) is 18.4 Å². The first kappa shape index (κ1) is 7.53. The minimum Gasteiger partial charge on any atom is -0.489 e. The van der Waals surface area contributed by atoms with Crippen LogP contribution in [0.2, 0.25) is 0 Å². The van der Waals surface area contributed by atoms with Crippen LogP contribution in [0.3, 0.4) is 0 Å². The van der Waals surface area contributed by atoms with Gasteiger partial charge < -0.3 is 4.74 Å². The molecule has 0 N–H and O–H groups in total. The van der Waals surface area contributed by atoms with Crippen LogP contribution >= 0.6 is 0 Å². The summed E-state index contributed by atoms with van der Waals surface area (Å²) in [5.74, 6) is 0.259. The van der Waals surface area contributed by atoms with Gasteiger partial charge in [-0.15, -0.1) is 0 Å². The molecule has 2 nitrogen and oxygen atoms in total. The molecule has 1 aliphatic rings. The van der Waals surface area contributed by atoms with Crippen LogP contribution in [0, 0.1) is 12.9 Å². The van der Waals surface area contributed by atoms with Gasteiger partial charge in [-0.1, -0.05) is 0 Å². The molecular weight excluding hydrogens is 157 g/mol. The Balaban J connectivity index is 2.18. The summed E-state index contributed by atoms with van der Waals surface area (Å²) in [4.78, 5) is 3.53. The van der Waals surface area contributed by atoms with Crippen molar-refractivity contribution in [2.75, 3.05) is 0 Å². The number of pyridine rings is 1. The number of ether oxygens (including phenoxy) is 1. The molecule has 0 unspecified atom stereocenters. The molecule has 0 atom stereocenters. The van der Waals surface area contributed by atoms with E-state index in [9.17, 15) is 4.39 Å². The van der Waals surface area contributed by atoms with E-state index in [0.717, 1.165) is 18.4 Å². The Kier molecular flexibility index (Phi) is 1.71. The molecule has 3 heteroatoms. The van der Waals surface area contributed by atoms with Crippen LogP contribution in [0.25, 0.3) is 0 Å². The lowest BCUT2D eigenvalue weighted by molar-refractivity contribution is 0.298. The molecule has 64 valence electrons. The molecular formula is C9H10FNO. The van der Waals surface area contributed by atoms with E-state index < -0.39 is 5.95 Å². The Morgan fingerprint density at radius 3 is 2.92 bits per heavy atom. The normalized spacial score (nSPS) is 16.2. The predicted octanol–water partition coefficient (Wildman–Crippen LogP) is 2.07. The summed E-state index contributed by atoms with van der Waals surface area (Å²) in [5, 5.41) is 0. The first-order valence-electron chi connectivity index (χ1n) is 4.04. The predicted molar refractivity (Wildman–Crippen MR) is 42.6 cm³/mol. The largest absolute Gasteiger partial charge is 0.489 e. The summed E-state index contributed by atoms with van der Waals surface area (Å²) in [6, 6.07) is 1.39. The van der Waals surface area contributed by atoms with E-state index in [1.54, 1.807) is 0 Å². The van der Waals surface area contributed by atoms with Gasteiger partial charge in [0.25, 0.3) is 0 Å². The van der Waals surface area contributed by atoms with Crippen molar-refractivity contribution in [2.24, 2.45) is 0 Å². The van der Waals surface area contributed by atoms with E-state index in [1.165, 1.54) is 12.3 Å². The third-order valence-electron chi connectivity index (χ3n) is 1.85. The molecule has 0 spiro atoms. The summed E-state index contributed by atoms with van der Waals surface area (Å²) in [6.07, 6.45) is 4.01. The fourth-order valence-corrected chi connectivity index (χ4v) is 0.998. The van der Waals surface area contributed by atoms with Crippen molar-refractivity contribution in [3.8, 4) is 5.75 Å². The second-order valence-corrected chi connectivity index (χ2v) is 3.09. The molecule has 1 aromatic rings. The molecule has 0 saturated heterocycles. The zero-order valence-electron chi connectivity index (χ0n) is 6.88. The van der Waals surface area contributed by atoms with Crippen molar-refractivity contribution in [3.05, 3.63) is 23.8 Å². The quantitative estimate of drug-likeness (QED) is 0.629. The minimum atomic E-state index is -0.448. The van der Waals surface area contributed by atoms with Gasteiger partial charge >= 0.3 is 0 Å². The Morgan fingerprint density at radius 2 is 2.33 bits per heavy atom. The van der Waals surface area contributed by atoms with Gasteiger partial charge in [-0.05, 0) is 31.4 Å². The molecule has 1 heterocycles. The van der Waals surface area contributed by atoms with E-state index in [-0.39, 0.29) is 0 Å². The number of halogens is 1. The van der Waals surface area contributed by atoms with Gasteiger partial charge in [-0.3, -0.25) is 0 Å². The lowest BCUT2D eigenvalue weighted by Crippen LogP contribution is -1.99. The highest BCUT2D eigenvalue weighted by atomic mass is 19.1. The van der Waals surface area contributed by atoms with Crippen molar-refractivity contribution in [1.82, 2.24) is 4.98 Å². The van der Waals surface area contributed by atoms with E-state index in [4.69, 9.17) is 4.74 Å². The van der Waals surface area contributed by atoms with Crippen molar-refractivity contribution < 1.29 is 9.13 Å². The van der Waals surface area contributed by atoms with Crippen molar-refractivity contribution in [2.45, 2.75) is 25.9 Å². The SMILES string of the molecule is Cc1cc(F)ncc1OC1CC1. The average Bonchev–Trinajstić information content (AvgIpc) is 2.79. The molecule has 1 saturated carbocycles. The maximum absolute atomic E-state index is 12.5. The number of aromatic nitrogens is 1. The van der Waals surface area contributed by atoms with Crippen LogP contribution in [-0.2, 0) is 0 Å². The highest BCUT2D eigenvalue weighted by molar-refractivity contribution is 5.29. The molecule has 1 aromatic heterocycles. The maximum Gasteiger partial charge on any atom is 0.213 e. The highest BCUT2D eigenvalue weighted by Gasteiger charge is 2.24. The van der Waals surface area contributed by atoms with Gasteiger partial charge in [0.2, 0.25) is 5.95 Å². The molecule has 0 radical (unpaired) electrons. The van der Waals surface area contributed by atoms with Gasteiger partial charge in [0.15, 0.2) is 0 Å². The molecule has 0 amide bonds. The fourth-order valence-electron chi connectivity index (χ4n) is 0.998. The summed E-state index contributed by atoms with van der Waals surface area (Å²) < 4.78 is 18.0. The summed E-state index contributed by atoms with van der Waals surface area (Å²) in [6.45, 7) is 1.82. The van der Waals surface area contributed by atoms with Crippen LogP contribution in [-0.4, -0.2) is 11.1 Å². The maximum atomic E-state index is 12.5. The van der Waals surface area contributed by atoms with Crippen LogP contribution < -0.4 is 4.74 Å². The van der Waals surface area contributed by atoms with Crippen molar-refractivity contribution >= 4 is 0 Å². The lowest BCUT2D eigenvalue weighted by atomic mass is 10.3. The van der Waals surface area contributed by atoms with E-state index in [2.05, 4.69) is 4.98 Å². The van der Waals surface area contributed by atoms with Crippen LogP contribution in [0.4, 0.5) is 4.39 Å². The smallest absolute Gasteiger partial charge is 0.213 e. The standard InChI is InChI=1S/C9H10FNO/c1-6-4-9(10)11-5-8(6)12-7-2-3-7/h4-5,7H,2-3H2,1H3. The molecule has 1 aliphatic carbocycles. The lowest BCUT2D eigenvalue weighted by Gasteiger charge is -2.05. The highest BCUT2D eigenvalue weighted by Crippen LogP contribution is 2.28. The second kappa shape index (κ2) is 2.73. The van der Waals surface area contributed by atoms with Crippen molar-refractivity contribution in [3.63, 3.8) is 0 Å². The molecule has 0 aromatic carbocycles. The van der Waals surface area contributed by atoms with Crippen LogP contribution in [0.15, 0.2) is 12.3 Å². The molecule has 0 aliphatic heterocycles. The Morgan fingerprint density at radius 1 is 1.58 bits per heavy atom. The number of rotatable bonds is 2. The molecule has 1 fully saturated rings. The van der Waals surface area contributed by atoms with Gasteiger partial charge in [-0.2, -0.15) is 4.39 Å². The van der Waals surface area contributed by atoms with Gasteiger partial charge in [-0.25, -0.2) is 4.98 Å². The Hall–Kier alpha value is -1.12. The van der Waals surface area contributed by atoms with Crippen molar-refractivity contribution in [1.29, 1.82) is 0 Å². The zero-order valence-corrected chi connectivity index (χ0v) is 6.88. The summed E-state index contributed by atoms with van der Waals surface area (Å²) >= 11 is 0. The third kappa shape index (κ3) is 1.55.